The number of aromatic nitrogens is 2. The number of nitrogens with zero attached hydrogens (tertiary/aromatic N) is 2. The van der Waals surface area contributed by atoms with Crippen LogP contribution in [0.2, 0.25) is 0 Å². The summed E-state index contributed by atoms with van der Waals surface area (Å²) in [6.07, 6.45) is 3.09. The summed E-state index contributed by atoms with van der Waals surface area (Å²) in [5, 5.41) is 7.19. The van der Waals surface area contributed by atoms with Gasteiger partial charge in [-0.25, -0.2) is 0 Å². The Balaban J connectivity index is 1.69. The van der Waals surface area contributed by atoms with Gasteiger partial charge in [0.15, 0.2) is 5.82 Å². The van der Waals surface area contributed by atoms with E-state index in [-0.39, 0.29) is 0 Å². The zero-order valence-corrected chi connectivity index (χ0v) is 10.9. The Hall–Kier alpha value is -0.980. The van der Waals surface area contributed by atoms with Crippen LogP contribution in [-0.4, -0.2) is 42.5 Å². The summed E-state index contributed by atoms with van der Waals surface area (Å²) >= 11 is 0. The van der Waals surface area contributed by atoms with Crippen molar-refractivity contribution in [3.8, 4) is 0 Å². The van der Waals surface area contributed by atoms with Gasteiger partial charge in [0, 0.05) is 13.0 Å². The highest BCUT2D eigenvalue weighted by Gasteiger charge is 2.15. The van der Waals surface area contributed by atoms with E-state index in [1.807, 2.05) is 6.92 Å². The molecular formula is C12H21N3O3. The topological polar surface area (TPSA) is 69.4 Å². The highest BCUT2D eigenvalue weighted by Crippen LogP contribution is 2.10. The number of hydrogen-bond donors (Lipinski definition) is 1. The standard InChI is InChI=1S/C12H21N3O3/c1-2-16-8-5-11-14-12(18-15-11)9-17-10-3-6-13-7-4-10/h10,13H,2-9H2,1H3. The molecule has 0 saturated carbocycles. The average molecular weight is 255 g/mol. The minimum absolute atomic E-state index is 0.310. The lowest BCUT2D eigenvalue weighted by molar-refractivity contribution is 0.00859. The van der Waals surface area contributed by atoms with Crippen LogP contribution in [0.1, 0.15) is 31.5 Å². The maximum Gasteiger partial charge on any atom is 0.252 e. The van der Waals surface area contributed by atoms with Gasteiger partial charge in [0.1, 0.15) is 6.61 Å². The third-order valence-corrected chi connectivity index (χ3v) is 2.91. The Morgan fingerprint density at radius 2 is 2.22 bits per heavy atom. The molecule has 1 saturated heterocycles. The maximum atomic E-state index is 5.74. The van der Waals surface area contributed by atoms with Crippen molar-refractivity contribution >= 4 is 0 Å². The van der Waals surface area contributed by atoms with Crippen molar-refractivity contribution < 1.29 is 14.0 Å². The number of ether oxygens (including phenoxy) is 2. The second kappa shape index (κ2) is 7.45. The van der Waals surface area contributed by atoms with Crippen LogP contribution >= 0.6 is 0 Å². The number of piperidine rings is 1. The largest absolute Gasteiger partial charge is 0.381 e. The summed E-state index contributed by atoms with van der Waals surface area (Å²) in [5.41, 5.74) is 0. The van der Waals surface area contributed by atoms with Gasteiger partial charge in [-0.15, -0.1) is 0 Å². The van der Waals surface area contributed by atoms with Crippen molar-refractivity contribution in [3.63, 3.8) is 0 Å². The summed E-state index contributed by atoms with van der Waals surface area (Å²) in [6.45, 7) is 5.76. The molecule has 1 aliphatic rings. The molecule has 0 radical (unpaired) electrons. The van der Waals surface area contributed by atoms with Crippen molar-refractivity contribution in [2.24, 2.45) is 0 Å². The Kier molecular flexibility index (Phi) is 5.57. The zero-order chi connectivity index (χ0) is 12.6. The van der Waals surface area contributed by atoms with Crippen LogP contribution in [-0.2, 0) is 22.5 Å². The van der Waals surface area contributed by atoms with Crippen LogP contribution in [0.5, 0.6) is 0 Å². The monoisotopic (exact) mass is 255 g/mol. The van der Waals surface area contributed by atoms with E-state index < -0.39 is 0 Å². The molecule has 0 aromatic carbocycles. The predicted octanol–water partition coefficient (Wildman–Crippen LogP) is 0.917. The van der Waals surface area contributed by atoms with E-state index in [4.69, 9.17) is 14.0 Å². The molecule has 102 valence electrons. The maximum absolute atomic E-state index is 5.74. The molecule has 6 heteroatoms. The third kappa shape index (κ3) is 4.36. The molecule has 1 aliphatic heterocycles. The van der Waals surface area contributed by atoms with E-state index in [1.165, 1.54) is 0 Å². The van der Waals surface area contributed by atoms with Gasteiger partial charge in [-0.05, 0) is 32.9 Å². The van der Waals surface area contributed by atoms with Crippen molar-refractivity contribution in [1.29, 1.82) is 0 Å². The van der Waals surface area contributed by atoms with Crippen LogP contribution in [0.3, 0.4) is 0 Å². The highest BCUT2D eigenvalue weighted by molar-refractivity contribution is 4.85. The van der Waals surface area contributed by atoms with Gasteiger partial charge >= 0.3 is 0 Å². The molecule has 6 nitrogen and oxygen atoms in total. The van der Waals surface area contributed by atoms with Gasteiger partial charge in [-0.2, -0.15) is 4.98 Å². The minimum Gasteiger partial charge on any atom is -0.381 e. The first kappa shape index (κ1) is 13.5. The lowest BCUT2D eigenvalue weighted by Gasteiger charge is -2.21. The first-order valence-electron chi connectivity index (χ1n) is 6.60. The van der Waals surface area contributed by atoms with Crippen LogP contribution < -0.4 is 5.32 Å². The molecule has 0 atom stereocenters. The quantitative estimate of drug-likeness (QED) is 0.731. The molecule has 0 amide bonds. The molecule has 1 aromatic heterocycles. The SMILES string of the molecule is CCOCCc1noc(COC2CCNCC2)n1. The number of hydrogen-bond acceptors (Lipinski definition) is 6. The van der Waals surface area contributed by atoms with Gasteiger partial charge in [-0.3, -0.25) is 0 Å². The summed E-state index contributed by atoms with van der Waals surface area (Å²) in [5.74, 6) is 1.24. The van der Waals surface area contributed by atoms with Crippen LogP contribution in [0.15, 0.2) is 4.52 Å². The molecule has 2 rings (SSSR count). The van der Waals surface area contributed by atoms with E-state index in [9.17, 15) is 0 Å². The normalized spacial score (nSPS) is 17.2. The minimum atomic E-state index is 0.310. The van der Waals surface area contributed by atoms with E-state index in [0.717, 1.165) is 25.9 Å². The predicted molar refractivity (Wildman–Crippen MR) is 65.2 cm³/mol. The number of nitrogens with one attached hydrogen (secondary N) is 1. The zero-order valence-electron chi connectivity index (χ0n) is 10.9. The first-order valence-corrected chi connectivity index (χ1v) is 6.60. The van der Waals surface area contributed by atoms with Gasteiger partial charge in [0.05, 0.1) is 12.7 Å². The van der Waals surface area contributed by atoms with E-state index in [2.05, 4.69) is 15.5 Å². The molecule has 0 bridgehead atoms. The van der Waals surface area contributed by atoms with Crippen LogP contribution in [0, 0.1) is 0 Å². The van der Waals surface area contributed by atoms with Gasteiger partial charge in [0.2, 0.25) is 0 Å². The molecule has 2 heterocycles. The van der Waals surface area contributed by atoms with Crippen molar-refractivity contribution in [2.45, 2.75) is 38.9 Å². The molecule has 1 aromatic rings. The molecular weight excluding hydrogens is 234 g/mol. The summed E-state index contributed by atoms with van der Waals surface area (Å²) in [4.78, 5) is 4.27. The Morgan fingerprint density at radius 3 is 3.00 bits per heavy atom. The lowest BCUT2D eigenvalue weighted by Crippen LogP contribution is -2.32. The number of rotatable bonds is 7. The van der Waals surface area contributed by atoms with Crippen LogP contribution in [0.25, 0.3) is 0 Å². The second-order valence-corrected chi connectivity index (χ2v) is 4.31. The second-order valence-electron chi connectivity index (χ2n) is 4.31. The Bertz CT molecular complexity index is 337. The van der Waals surface area contributed by atoms with Crippen molar-refractivity contribution in [2.75, 3.05) is 26.3 Å². The molecule has 0 unspecified atom stereocenters. The molecule has 1 N–H and O–H groups in total. The third-order valence-electron chi connectivity index (χ3n) is 2.91. The van der Waals surface area contributed by atoms with Gasteiger partial charge < -0.3 is 19.3 Å². The van der Waals surface area contributed by atoms with Gasteiger partial charge in [-0.1, -0.05) is 5.16 Å². The van der Waals surface area contributed by atoms with Crippen molar-refractivity contribution in [3.05, 3.63) is 11.7 Å². The van der Waals surface area contributed by atoms with Crippen LogP contribution in [0.4, 0.5) is 0 Å². The molecule has 0 spiro atoms. The van der Waals surface area contributed by atoms with E-state index in [1.54, 1.807) is 0 Å². The van der Waals surface area contributed by atoms with Gasteiger partial charge in [0.25, 0.3) is 5.89 Å². The Labute approximate surface area is 107 Å². The first-order chi connectivity index (χ1) is 8.88. The smallest absolute Gasteiger partial charge is 0.252 e. The fourth-order valence-electron chi connectivity index (χ4n) is 1.91. The fourth-order valence-corrected chi connectivity index (χ4v) is 1.91. The average Bonchev–Trinajstić information content (AvgIpc) is 2.86. The molecule has 18 heavy (non-hydrogen) atoms. The Morgan fingerprint density at radius 1 is 1.39 bits per heavy atom. The van der Waals surface area contributed by atoms with Crippen molar-refractivity contribution in [1.82, 2.24) is 15.5 Å². The summed E-state index contributed by atoms with van der Waals surface area (Å²) < 4.78 is 16.1. The fraction of sp³-hybridized carbons (Fsp3) is 0.833. The lowest BCUT2D eigenvalue weighted by atomic mass is 10.1. The summed E-state index contributed by atoms with van der Waals surface area (Å²) in [6, 6.07) is 0. The van der Waals surface area contributed by atoms with E-state index >= 15 is 0 Å². The highest BCUT2D eigenvalue weighted by atomic mass is 16.5. The molecule has 0 aliphatic carbocycles. The van der Waals surface area contributed by atoms with E-state index in [0.29, 0.717) is 44.1 Å². The molecule has 1 fully saturated rings. The summed E-state index contributed by atoms with van der Waals surface area (Å²) in [7, 11) is 0.